The maximum Gasteiger partial charge on any atom is 0.139 e. The van der Waals surface area contributed by atoms with Crippen LogP contribution in [-0.2, 0) is 17.6 Å². The van der Waals surface area contributed by atoms with E-state index in [-0.39, 0.29) is 0 Å². The standard InChI is InChI=1S/C17H20O/c18-17(16-14-6-3-7-15(14)16)13-9-8-11-4-1-2-5-12(11)10-13/h1-2,4-5,13-16H,3,6-10H2. The second-order valence-electron chi connectivity index (χ2n) is 6.40. The van der Waals surface area contributed by atoms with Crippen molar-refractivity contribution < 1.29 is 4.79 Å². The highest BCUT2D eigenvalue weighted by molar-refractivity contribution is 5.87. The van der Waals surface area contributed by atoms with Gasteiger partial charge in [-0.15, -0.1) is 0 Å². The summed E-state index contributed by atoms with van der Waals surface area (Å²) in [5.41, 5.74) is 2.89. The van der Waals surface area contributed by atoms with E-state index in [1.54, 1.807) is 0 Å². The van der Waals surface area contributed by atoms with Crippen LogP contribution in [0.2, 0.25) is 0 Å². The van der Waals surface area contributed by atoms with Crippen molar-refractivity contribution in [2.75, 3.05) is 0 Å². The Morgan fingerprint density at radius 3 is 2.50 bits per heavy atom. The van der Waals surface area contributed by atoms with Crippen LogP contribution in [0.1, 0.15) is 36.8 Å². The highest BCUT2D eigenvalue weighted by Gasteiger charge is 2.57. The molecule has 1 nitrogen and oxygen atoms in total. The van der Waals surface area contributed by atoms with Gasteiger partial charge < -0.3 is 0 Å². The third-order valence-electron chi connectivity index (χ3n) is 5.48. The Hall–Kier alpha value is -1.11. The van der Waals surface area contributed by atoms with Gasteiger partial charge >= 0.3 is 0 Å². The van der Waals surface area contributed by atoms with Crippen LogP contribution < -0.4 is 0 Å². The highest BCUT2D eigenvalue weighted by atomic mass is 16.1. The van der Waals surface area contributed by atoms with Crippen LogP contribution in [0.5, 0.6) is 0 Å². The molecule has 4 rings (SSSR count). The van der Waals surface area contributed by atoms with E-state index in [0.29, 0.717) is 17.6 Å². The highest BCUT2D eigenvalue weighted by Crippen LogP contribution is 2.59. The number of rotatable bonds is 2. The Morgan fingerprint density at radius 2 is 1.72 bits per heavy atom. The van der Waals surface area contributed by atoms with E-state index in [1.807, 2.05) is 0 Å². The Balaban J connectivity index is 1.49. The normalized spacial score (nSPS) is 36.9. The third-order valence-corrected chi connectivity index (χ3v) is 5.48. The minimum absolute atomic E-state index is 0.329. The lowest BCUT2D eigenvalue weighted by Gasteiger charge is -2.24. The molecule has 3 atom stereocenters. The minimum atomic E-state index is 0.329. The van der Waals surface area contributed by atoms with Crippen LogP contribution in [0.15, 0.2) is 24.3 Å². The van der Waals surface area contributed by atoms with Gasteiger partial charge in [0.2, 0.25) is 0 Å². The average Bonchev–Trinajstić information content (AvgIpc) is 2.90. The Kier molecular flexibility index (Phi) is 2.36. The van der Waals surface area contributed by atoms with E-state index >= 15 is 0 Å². The lowest BCUT2D eigenvalue weighted by atomic mass is 9.80. The fourth-order valence-corrected chi connectivity index (χ4v) is 4.46. The van der Waals surface area contributed by atoms with Gasteiger partial charge in [-0.1, -0.05) is 30.7 Å². The molecule has 3 unspecified atom stereocenters. The van der Waals surface area contributed by atoms with E-state index in [9.17, 15) is 4.79 Å². The van der Waals surface area contributed by atoms with Gasteiger partial charge in [0.15, 0.2) is 0 Å². The van der Waals surface area contributed by atoms with Crippen LogP contribution in [0.3, 0.4) is 0 Å². The maximum absolute atomic E-state index is 12.6. The molecule has 0 heterocycles. The molecule has 3 aliphatic rings. The predicted molar refractivity (Wildman–Crippen MR) is 71.3 cm³/mol. The molecule has 18 heavy (non-hydrogen) atoms. The van der Waals surface area contributed by atoms with E-state index < -0.39 is 0 Å². The van der Waals surface area contributed by atoms with Crippen molar-refractivity contribution in [3.63, 3.8) is 0 Å². The first-order valence-electron chi connectivity index (χ1n) is 7.45. The summed E-state index contributed by atoms with van der Waals surface area (Å²) in [7, 11) is 0. The van der Waals surface area contributed by atoms with Crippen molar-refractivity contribution in [2.45, 2.75) is 38.5 Å². The molecule has 94 valence electrons. The number of Topliss-reactive ketones (excluding diaryl/α,β-unsaturated/α-hetero) is 1. The quantitative estimate of drug-likeness (QED) is 0.774. The van der Waals surface area contributed by atoms with Gasteiger partial charge in [-0.3, -0.25) is 4.79 Å². The van der Waals surface area contributed by atoms with Crippen LogP contribution in [0, 0.1) is 23.7 Å². The summed E-state index contributed by atoms with van der Waals surface area (Å²) in [4.78, 5) is 12.6. The van der Waals surface area contributed by atoms with Crippen molar-refractivity contribution in [3.8, 4) is 0 Å². The minimum Gasteiger partial charge on any atom is -0.299 e. The van der Waals surface area contributed by atoms with Gasteiger partial charge in [0.05, 0.1) is 0 Å². The molecule has 0 N–H and O–H groups in total. The summed E-state index contributed by atoms with van der Waals surface area (Å²) in [5.74, 6) is 2.98. The molecule has 1 aromatic rings. The zero-order valence-corrected chi connectivity index (χ0v) is 10.8. The van der Waals surface area contributed by atoms with Crippen molar-refractivity contribution in [1.29, 1.82) is 0 Å². The molecule has 0 bridgehead atoms. The van der Waals surface area contributed by atoms with Gasteiger partial charge in [0, 0.05) is 11.8 Å². The maximum atomic E-state index is 12.6. The fourth-order valence-electron chi connectivity index (χ4n) is 4.46. The zero-order valence-electron chi connectivity index (χ0n) is 10.8. The largest absolute Gasteiger partial charge is 0.299 e. The number of hydrogen-bond donors (Lipinski definition) is 0. The number of aryl methyl sites for hydroxylation is 1. The van der Waals surface area contributed by atoms with Crippen LogP contribution in [0.25, 0.3) is 0 Å². The first kappa shape index (κ1) is 10.8. The summed E-state index contributed by atoms with van der Waals surface area (Å²) in [6.45, 7) is 0. The number of hydrogen-bond acceptors (Lipinski definition) is 1. The zero-order chi connectivity index (χ0) is 12.1. The molecule has 0 aliphatic heterocycles. The molecule has 0 radical (unpaired) electrons. The summed E-state index contributed by atoms with van der Waals surface area (Å²) in [6.07, 6.45) is 7.22. The first-order valence-corrected chi connectivity index (χ1v) is 7.45. The molecule has 3 aliphatic carbocycles. The monoisotopic (exact) mass is 240 g/mol. The van der Waals surface area contributed by atoms with Gasteiger partial charge in [0.25, 0.3) is 0 Å². The van der Waals surface area contributed by atoms with Gasteiger partial charge in [-0.05, 0) is 55.1 Å². The fraction of sp³-hybridized carbons (Fsp3) is 0.588. The molecule has 1 heteroatoms. The van der Waals surface area contributed by atoms with E-state index in [1.165, 1.54) is 30.4 Å². The van der Waals surface area contributed by atoms with Crippen molar-refractivity contribution in [2.24, 2.45) is 23.7 Å². The van der Waals surface area contributed by atoms with Crippen molar-refractivity contribution >= 4 is 5.78 Å². The molecule has 0 amide bonds. The molecular formula is C17H20O. The van der Waals surface area contributed by atoms with Gasteiger partial charge in [-0.2, -0.15) is 0 Å². The van der Waals surface area contributed by atoms with E-state index in [2.05, 4.69) is 24.3 Å². The summed E-state index contributed by atoms with van der Waals surface area (Å²) in [5, 5.41) is 0. The summed E-state index contributed by atoms with van der Waals surface area (Å²) < 4.78 is 0. The molecule has 2 saturated carbocycles. The number of carbonyl (C=O) groups is 1. The smallest absolute Gasteiger partial charge is 0.139 e. The topological polar surface area (TPSA) is 17.1 Å². The number of benzene rings is 1. The SMILES string of the molecule is O=C(C1CCc2ccccc2C1)C1C2CCCC21. The molecule has 0 spiro atoms. The number of carbonyl (C=O) groups excluding carboxylic acids is 1. The third kappa shape index (κ3) is 1.56. The lowest BCUT2D eigenvalue weighted by molar-refractivity contribution is -0.125. The van der Waals surface area contributed by atoms with E-state index in [0.717, 1.165) is 31.1 Å². The Bertz CT molecular complexity index is 480. The lowest BCUT2D eigenvalue weighted by Crippen LogP contribution is -2.25. The second-order valence-corrected chi connectivity index (χ2v) is 6.40. The molecule has 1 aromatic carbocycles. The van der Waals surface area contributed by atoms with Crippen LogP contribution in [0.4, 0.5) is 0 Å². The predicted octanol–water partition coefficient (Wildman–Crippen LogP) is 3.41. The van der Waals surface area contributed by atoms with Gasteiger partial charge in [-0.25, -0.2) is 0 Å². The van der Waals surface area contributed by atoms with Crippen LogP contribution >= 0.6 is 0 Å². The molecule has 0 saturated heterocycles. The number of fused-ring (bicyclic) bond motifs is 2. The van der Waals surface area contributed by atoms with Crippen LogP contribution in [-0.4, -0.2) is 5.78 Å². The van der Waals surface area contributed by atoms with E-state index in [4.69, 9.17) is 0 Å². The molecular weight excluding hydrogens is 220 g/mol. The second kappa shape index (κ2) is 3.94. The number of ketones is 1. The van der Waals surface area contributed by atoms with Gasteiger partial charge in [0.1, 0.15) is 5.78 Å². The molecule has 2 fully saturated rings. The summed E-state index contributed by atoms with van der Waals surface area (Å²) in [6, 6.07) is 8.66. The first-order chi connectivity index (χ1) is 8.84. The Morgan fingerprint density at radius 1 is 1.00 bits per heavy atom. The average molecular weight is 240 g/mol. The Labute approximate surface area is 109 Å². The van der Waals surface area contributed by atoms with Crippen molar-refractivity contribution in [1.82, 2.24) is 0 Å². The summed E-state index contributed by atoms with van der Waals surface area (Å²) >= 11 is 0. The molecule has 0 aromatic heterocycles. The van der Waals surface area contributed by atoms with Crippen molar-refractivity contribution in [3.05, 3.63) is 35.4 Å².